The molecule has 0 bridgehead atoms. The third kappa shape index (κ3) is 6.45. The molecule has 1 aliphatic rings. The molecule has 3 aromatic carbocycles. The van der Waals surface area contributed by atoms with Crippen LogP contribution in [0.4, 0.5) is 17.1 Å². The number of piperidine rings is 1. The van der Waals surface area contributed by atoms with Crippen molar-refractivity contribution in [2.24, 2.45) is 0 Å². The van der Waals surface area contributed by atoms with Crippen molar-refractivity contribution < 1.29 is 14.7 Å². The van der Waals surface area contributed by atoms with E-state index in [9.17, 15) is 14.7 Å². The van der Waals surface area contributed by atoms with Gasteiger partial charge >= 0.3 is 0 Å². The van der Waals surface area contributed by atoms with E-state index in [2.05, 4.69) is 27.2 Å². The number of fused-ring (bicyclic) bond motifs is 1. The Morgan fingerprint density at radius 2 is 1.63 bits per heavy atom. The summed E-state index contributed by atoms with van der Waals surface area (Å²) in [4.78, 5) is 27.7. The minimum Gasteiger partial charge on any atom is -0.393 e. The molecule has 1 fully saturated rings. The predicted octanol–water partition coefficient (Wildman–Crippen LogP) is 5.87. The molecule has 0 spiro atoms. The van der Waals surface area contributed by atoms with E-state index in [1.165, 1.54) is 0 Å². The fraction of sp³-hybridized carbons (Fsp3) is 0.182. The van der Waals surface area contributed by atoms with Crippen molar-refractivity contribution in [2.45, 2.75) is 25.9 Å². The molecule has 5 rings (SSSR count). The molecule has 0 atom stereocenters. The Morgan fingerprint density at radius 3 is 2.32 bits per heavy atom. The summed E-state index contributed by atoms with van der Waals surface area (Å²) in [6.07, 6.45) is 9.84. The number of carbonyl (C=O) groups excluding carboxylic acids is 2. The van der Waals surface area contributed by atoms with E-state index in [0.29, 0.717) is 22.5 Å². The van der Waals surface area contributed by atoms with Crippen LogP contribution in [0, 0.1) is 0 Å². The lowest BCUT2D eigenvalue weighted by molar-refractivity contribution is -0.112. The lowest BCUT2D eigenvalue weighted by Gasteiger charge is -2.31. The van der Waals surface area contributed by atoms with Crippen LogP contribution in [-0.4, -0.2) is 45.9 Å². The summed E-state index contributed by atoms with van der Waals surface area (Å²) in [6, 6.07) is 20.7. The van der Waals surface area contributed by atoms with E-state index in [0.717, 1.165) is 48.2 Å². The van der Waals surface area contributed by atoms with E-state index >= 15 is 0 Å². The summed E-state index contributed by atoms with van der Waals surface area (Å²) in [7, 11) is 0. The molecule has 2 heterocycles. The molecule has 0 radical (unpaired) electrons. The first-order valence-corrected chi connectivity index (χ1v) is 13.6. The van der Waals surface area contributed by atoms with Crippen molar-refractivity contribution in [2.75, 3.05) is 28.6 Å². The van der Waals surface area contributed by atoms with Crippen LogP contribution in [0.1, 0.15) is 30.1 Å². The van der Waals surface area contributed by atoms with E-state index < -0.39 is 0 Å². The van der Waals surface area contributed by atoms with Crippen LogP contribution in [0.3, 0.4) is 0 Å². The van der Waals surface area contributed by atoms with Crippen molar-refractivity contribution in [3.8, 4) is 5.69 Å². The summed E-state index contributed by atoms with van der Waals surface area (Å²) < 4.78 is 1.81. The number of nitrogens with zero attached hydrogens (tertiary/aromatic N) is 3. The highest BCUT2D eigenvalue weighted by atomic mass is 16.3. The summed E-state index contributed by atoms with van der Waals surface area (Å²) in [6.45, 7) is 7.14. The van der Waals surface area contributed by atoms with Gasteiger partial charge in [0.05, 0.1) is 23.5 Å². The number of aliphatic hydroxyl groups excluding tert-OH is 1. The molecule has 0 saturated carbocycles. The highest BCUT2D eigenvalue weighted by Gasteiger charge is 2.18. The van der Waals surface area contributed by atoms with Gasteiger partial charge in [0, 0.05) is 46.7 Å². The van der Waals surface area contributed by atoms with Gasteiger partial charge in [-0.25, -0.2) is 4.68 Å². The van der Waals surface area contributed by atoms with Gasteiger partial charge in [-0.2, -0.15) is 5.10 Å². The molecular weight excluding hydrogens is 514 g/mol. The minimum absolute atomic E-state index is 0.185. The number of allylic oxidation sites excluding steroid dienone is 3. The number of aromatic nitrogens is 2. The Hall–Kier alpha value is -4.95. The molecule has 0 unspecified atom stereocenters. The molecule has 8 heteroatoms. The number of carbonyl (C=O) groups is 2. The van der Waals surface area contributed by atoms with Gasteiger partial charge in [-0.05, 0) is 86.5 Å². The van der Waals surface area contributed by atoms with Crippen LogP contribution in [0.5, 0.6) is 0 Å². The van der Waals surface area contributed by atoms with Crippen LogP contribution in [0.25, 0.3) is 16.6 Å². The zero-order chi connectivity index (χ0) is 28.8. The maximum Gasteiger partial charge on any atom is 0.255 e. The molecule has 0 aliphatic carbocycles. The number of benzene rings is 3. The lowest BCUT2D eigenvalue weighted by Crippen LogP contribution is -2.35. The second kappa shape index (κ2) is 12.5. The third-order valence-electron chi connectivity index (χ3n) is 7.06. The maximum atomic E-state index is 12.9. The fourth-order valence-electron chi connectivity index (χ4n) is 4.87. The average molecular weight is 548 g/mol. The van der Waals surface area contributed by atoms with Crippen molar-refractivity contribution in [3.63, 3.8) is 0 Å². The highest BCUT2D eigenvalue weighted by Crippen LogP contribution is 2.25. The molecule has 3 N–H and O–H groups in total. The van der Waals surface area contributed by atoms with Gasteiger partial charge in [0.15, 0.2) is 0 Å². The minimum atomic E-state index is -0.220. The zero-order valence-corrected chi connectivity index (χ0v) is 23.0. The normalized spacial score (nSPS) is 14.4. The van der Waals surface area contributed by atoms with Crippen molar-refractivity contribution in [1.82, 2.24) is 9.78 Å². The van der Waals surface area contributed by atoms with Gasteiger partial charge in [-0.1, -0.05) is 30.9 Å². The topological polar surface area (TPSA) is 99.5 Å². The first-order chi connectivity index (χ1) is 19.9. The van der Waals surface area contributed by atoms with Crippen LogP contribution in [0.15, 0.2) is 109 Å². The van der Waals surface area contributed by atoms with Gasteiger partial charge in [0.25, 0.3) is 11.8 Å². The lowest BCUT2D eigenvalue weighted by atomic mass is 10.1. The van der Waals surface area contributed by atoms with Gasteiger partial charge < -0.3 is 20.6 Å². The number of rotatable bonds is 8. The second-order valence-corrected chi connectivity index (χ2v) is 9.91. The van der Waals surface area contributed by atoms with Gasteiger partial charge in [0.1, 0.15) is 0 Å². The Morgan fingerprint density at radius 1 is 0.951 bits per heavy atom. The largest absolute Gasteiger partial charge is 0.393 e. The SMILES string of the molecule is C=C/C=C(\C=C/C)C(=O)Nc1ccc(-n2ncc3cc(NC(=O)c4ccc(N5CCC(O)CC5)cc4)ccc32)cc1. The molecule has 1 aromatic heterocycles. The monoisotopic (exact) mass is 547 g/mol. The van der Waals surface area contributed by atoms with Crippen molar-refractivity contribution in [3.05, 3.63) is 115 Å². The molecule has 2 amide bonds. The summed E-state index contributed by atoms with van der Waals surface area (Å²) in [5, 5.41) is 21.0. The number of hydrogen-bond acceptors (Lipinski definition) is 5. The third-order valence-corrected chi connectivity index (χ3v) is 7.06. The van der Waals surface area contributed by atoms with Crippen LogP contribution >= 0.6 is 0 Å². The van der Waals surface area contributed by atoms with Gasteiger partial charge in [-0.3, -0.25) is 9.59 Å². The number of aliphatic hydroxyl groups is 1. The number of nitrogens with one attached hydrogen (secondary N) is 2. The van der Waals surface area contributed by atoms with Crippen LogP contribution in [-0.2, 0) is 4.79 Å². The smallest absolute Gasteiger partial charge is 0.255 e. The first-order valence-electron chi connectivity index (χ1n) is 13.6. The Balaban J connectivity index is 1.25. The highest BCUT2D eigenvalue weighted by molar-refractivity contribution is 6.06. The Labute approximate surface area is 239 Å². The molecule has 41 heavy (non-hydrogen) atoms. The number of hydrogen-bond donors (Lipinski definition) is 3. The zero-order valence-electron chi connectivity index (χ0n) is 23.0. The molecule has 1 saturated heterocycles. The second-order valence-electron chi connectivity index (χ2n) is 9.91. The van der Waals surface area contributed by atoms with E-state index in [1.807, 2.05) is 78.3 Å². The van der Waals surface area contributed by atoms with E-state index in [4.69, 9.17) is 0 Å². The summed E-state index contributed by atoms with van der Waals surface area (Å²) >= 11 is 0. The van der Waals surface area contributed by atoms with Gasteiger partial charge in [-0.15, -0.1) is 0 Å². The quantitative estimate of drug-likeness (QED) is 0.189. The molecule has 208 valence electrons. The molecule has 4 aromatic rings. The molecule has 8 nitrogen and oxygen atoms in total. The first kappa shape index (κ1) is 27.6. The summed E-state index contributed by atoms with van der Waals surface area (Å²) in [5.74, 6) is -0.399. The number of amides is 2. The Kier molecular flexibility index (Phi) is 8.41. The van der Waals surface area contributed by atoms with Crippen molar-refractivity contribution >= 4 is 39.8 Å². The van der Waals surface area contributed by atoms with Crippen LogP contribution in [0.2, 0.25) is 0 Å². The van der Waals surface area contributed by atoms with E-state index in [-0.39, 0.29) is 17.9 Å². The van der Waals surface area contributed by atoms with E-state index in [1.54, 1.807) is 30.5 Å². The maximum absolute atomic E-state index is 12.9. The average Bonchev–Trinajstić information content (AvgIpc) is 3.41. The van der Waals surface area contributed by atoms with Crippen LogP contribution < -0.4 is 15.5 Å². The molecular formula is C33H33N5O3. The standard InChI is InChI=1S/C33H33N5O3/c1-3-5-23(6-4-2)32(40)35-26-9-14-29(15-10-26)38-31-16-11-27(21-25(31)22-34-38)36-33(41)24-7-12-28(13-8-24)37-19-17-30(39)18-20-37/h3-16,21-22,30,39H,1,17-20H2,2H3,(H,35,40)(H,36,41)/b6-4-,23-5+. The Bertz CT molecular complexity index is 1610. The van der Waals surface area contributed by atoms with Crippen molar-refractivity contribution in [1.29, 1.82) is 0 Å². The van der Waals surface area contributed by atoms with Gasteiger partial charge in [0.2, 0.25) is 0 Å². The fourth-order valence-corrected chi connectivity index (χ4v) is 4.87. The summed E-state index contributed by atoms with van der Waals surface area (Å²) in [5.41, 5.74) is 5.23. The predicted molar refractivity (Wildman–Crippen MR) is 165 cm³/mol. The number of anilines is 3. The molecule has 1 aliphatic heterocycles.